The number of hydrogen-bond donors (Lipinski definition) is 0. The van der Waals surface area contributed by atoms with Gasteiger partial charge < -0.3 is 0 Å². The molecule has 0 nitrogen and oxygen atoms in total. The Morgan fingerprint density at radius 3 is 1.93 bits per heavy atom. The van der Waals surface area contributed by atoms with Crippen LogP contribution in [0.25, 0.3) is 0 Å². The average molecular weight is 210 g/mol. The van der Waals surface area contributed by atoms with E-state index in [0.29, 0.717) is 0 Å². The second kappa shape index (κ2) is 7.30. The molecule has 15 heavy (non-hydrogen) atoms. The highest BCUT2D eigenvalue weighted by atomic mass is 14.3. The Balaban J connectivity index is 2.04. The predicted molar refractivity (Wildman–Crippen MR) is 69.0 cm³/mol. The zero-order chi connectivity index (χ0) is 11.1. The third kappa shape index (κ3) is 5.58. The Kier molecular flexibility index (Phi) is 6.36. The van der Waals surface area contributed by atoms with Crippen molar-refractivity contribution < 1.29 is 0 Å². The molecule has 1 fully saturated rings. The van der Waals surface area contributed by atoms with Gasteiger partial charge in [-0.3, -0.25) is 0 Å². The van der Waals surface area contributed by atoms with Crippen molar-refractivity contribution in [3.8, 4) is 0 Å². The van der Waals surface area contributed by atoms with Gasteiger partial charge in [-0.1, -0.05) is 78.6 Å². The normalized spacial score (nSPS) is 27.2. The van der Waals surface area contributed by atoms with Crippen molar-refractivity contribution >= 4 is 0 Å². The lowest BCUT2D eigenvalue weighted by molar-refractivity contribution is 0.245. The summed E-state index contributed by atoms with van der Waals surface area (Å²) in [5.41, 5.74) is 0. The van der Waals surface area contributed by atoms with Gasteiger partial charge in [0.05, 0.1) is 0 Å². The molecule has 0 aromatic rings. The van der Waals surface area contributed by atoms with E-state index in [-0.39, 0.29) is 0 Å². The highest BCUT2D eigenvalue weighted by molar-refractivity contribution is 4.72. The Bertz CT molecular complexity index is 140. The Morgan fingerprint density at radius 2 is 1.47 bits per heavy atom. The molecule has 0 heteroatoms. The van der Waals surface area contributed by atoms with E-state index in [4.69, 9.17) is 0 Å². The van der Waals surface area contributed by atoms with Crippen LogP contribution in [-0.4, -0.2) is 0 Å². The first kappa shape index (κ1) is 13.1. The van der Waals surface area contributed by atoms with E-state index in [0.717, 1.165) is 17.8 Å². The summed E-state index contributed by atoms with van der Waals surface area (Å²) in [7, 11) is 0. The third-order valence-corrected chi connectivity index (χ3v) is 4.06. The lowest BCUT2D eigenvalue weighted by Gasteiger charge is -2.28. The fourth-order valence-corrected chi connectivity index (χ4v) is 3.03. The second-order valence-corrected chi connectivity index (χ2v) is 6.00. The van der Waals surface area contributed by atoms with Crippen LogP contribution in [0.15, 0.2) is 0 Å². The first-order chi connectivity index (χ1) is 7.22. The Labute approximate surface area is 96.8 Å². The molecule has 0 aromatic carbocycles. The van der Waals surface area contributed by atoms with Crippen LogP contribution in [0, 0.1) is 17.8 Å². The smallest absolute Gasteiger partial charge is 0.0414 e. The summed E-state index contributed by atoms with van der Waals surface area (Å²) < 4.78 is 0. The van der Waals surface area contributed by atoms with Crippen LogP contribution < -0.4 is 0 Å². The summed E-state index contributed by atoms with van der Waals surface area (Å²) in [6.45, 7) is 7.02. The lowest BCUT2D eigenvalue weighted by atomic mass is 9.78. The SMILES string of the molecule is CCCC1CCC(CCCC(C)C)CC1. The van der Waals surface area contributed by atoms with Gasteiger partial charge in [-0.15, -0.1) is 0 Å². The summed E-state index contributed by atoms with van der Waals surface area (Å²) >= 11 is 0. The minimum absolute atomic E-state index is 0.904. The van der Waals surface area contributed by atoms with E-state index in [9.17, 15) is 0 Å². The first-order valence-corrected chi connectivity index (χ1v) is 7.22. The molecule has 90 valence electrons. The maximum Gasteiger partial charge on any atom is -0.0414 e. The summed E-state index contributed by atoms with van der Waals surface area (Å²) in [4.78, 5) is 0. The zero-order valence-electron chi connectivity index (χ0n) is 11.1. The van der Waals surface area contributed by atoms with E-state index in [1.807, 2.05) is 0 Å². The molecule has 0 unspecified atom stereocenters. The minimum atomic E-state index is 0.904. The highest BCUT2D eigenvalue weighted by Crippen LogP contribution is 2.34. The van der Waals surface area contributed by atoms with Gasteiger partial charge >= 0.3 is 0 Å². The topological polar surface area (TPSA) is 0 Å². The molecule has 0 heterocycles. The van der Waals surface area contributed by atoms with Crippen LogP contribution in [0.3, 0.4) is 0 Å². The molecule has 1 rings (SSSR count). The Morgan fingerprint density at radius 1 is 0.933 bits per heavy atom. The predicted octanol–water partition coefficient (Wildman–Crippen LogP) is 5.42. The van der Waals surface area contributed by atoms with Gasteiger partial charge in [0.2, 0.25) is 0 Å². The van der Waals surface area contributed by atoms with Crippen LogP contribution in [0.5, 0.6) is 0 Å². The Hall–Kier alpha value is 0. The van der Waals surface area contributed by atoms with Gasteiger partial charge in [0.25, 0.3) is 0 Å². The standard InChI is InChI=1S/C15H30/c1-4-6-14-9-11-15(12-10-14)8-5-7-13(2)3/h13-15H,4-12H2,1-3H3. The molecular weight excluding hydrogens is 180 g/mol. The summed E-state index contributed by atoms with van der Waals surface area (Å²) in [5.74, 6) is 3.06. The monoisotopic (exact) mass is 210 g/mol. The van der Waals surface area contributed by atoms with E-state index in [1.54, 1.807) is 0 Å². The van der Waals surface area contributed by atoms with Gasteiger partial charge in [-0.2, -0.15) is 0 Å². The van der Waals surface area contributed by atoms with E-state index in [1.165, 1.54) is 57.8 Å². The maximum absolute atomic E-state index is 2.35. The molecule has 0 saturated heterocycles. The molecular formula is C15H30. The van der Waals surface area contributed by atoms with E-state index in [2.05, 4.69) is 20.8 Å². The molecule has 0 bridgehead atoms. The van der Waals surface area contributed by atoms with Crippen molar-refractivity contribution in [2.75, 3.05) is 0 Å². The first-order valence-electron chi connectivity index (χ1n) is 7.22. The van der Waals surface area contributed by atoms with E-state index < -0.39 is 0 Å². The molecule has 0 spiro atoms. The van der Waals surface area contributed by atoms with Crippen molar-refractivity contribution in [2.45, 2.75) is 78.6 Å². The van der Waals surface area contributed by atoms with Crippen LogP contribution in [0.1, 0.15) is 78.6 Å². The summed E-state index contributed by atoms with van der Waals surface area (Å²) in [5, 5.41) is 0. The van der Waals surface area contributed by atoms with Crippen LogP contribution in [-0.2, 0) is 0 Å². The fraction of sp³-hybridized carbons (Fsp3) is 1.00. The maximum atomic E-state index is 2.35. The van der Waals surface area contributed by atoms with Gasteiger partial charge in [-0.05, 0) is 17.8 Å². The van der Waals surface area contributed by atoms with Crippen LogP contribution in [0.2, 0.25) is 0 Å². The molecule has 0 atom stereocenters. The van der Waals surface area contributed by atoms with Gasteiger partial charge in [0.1, 0.15) is 0 Å². The molecule has 1 aliphatic carbocycles. The number of hydrogen-bond acceptors (Lipinski definition) is 0. The van der Waals surface area contributed by atoms with Crippen molar-refractivity contribution in [1.82, 2.24) is 0 Å². The van der Waals surface area contributed by atoms with Crippen molar-refractivity contribution in [3.05, 3.63) is 0 Å². The molecule has 0 amide bonds. The van der Waals surface area contributed by atoms with Crippen molar-refractivity contribution in [3.63, 3.8) is 0 Å². The highest BCUT2D eigenvalue weighted by Gasteiger charge is 2.19. The fourth-order valence-electron chi connectivity index (χ4n) is 3.03. The molecule has 0 radical (unpaired) electrons. The molecule has 0 N–H and O–H groups in total. The van der Waals surface area contributed by atoms with Crippen molar-refractivity contribution in [1.29, 1.82) is 0 Å². The quantitative estimate of drug-likeness (QED) is 0.549. The van der Waals surface area contributed by atoms with Crippen LogP contribution >= 0.6 is 0 Å². The van der Waals surface area contributed by atoms with E-state index >= 15 is 0 Å². The van der Waals surface area contributed by atoms with Gasteiger partial charge in [0, 0.05) is 0 Å². The number of rotatable bonds is 6. The van der Waals surface area contributed by atoms with Gasteiger partial charge in [-0.25, -0.2) is 0 Å². The van der Waals surface area contributed by atoms with Crippen LogP contribution in [0.4, 0.5) is 0 Å². The summed E-state index contributed by atoms with van der Waals surface area (Å²) in [6.07, 6.45) is 13.4. The largest absolute Gasteiger partial charge is 0.0654 e. The second-order valence-electron chi connectivity index (χ2n) is 6.00. The van der Waals surface area contributed by atoms with Gasteiger partial charge in [0.15, 0.2) is 0 Å². The van der Waals surface area contributed by atoms with Crippen molar-refractivity contribution in [2.24, 2.45) is 17.8 Å². The molecule has 0 aliphatic heterocycles. The third-order valence-electron chi connectivity index (χ3n) is 4.06. The molecule has 1 saturated carbocycles. The molecule has 0 aromatic heterocycles. The average Bonchev–Trinajstić information content (AvgIpc) is 2.20. The zero-order valence-corrected chi connectivity index (χ0v) is 11.1. The summed E-state index contributed by atoms with van der Waals surface area (Å²) in [6, 6.07) is 0. The molecule has 1 aliphatic rings. The lowest BCUT2D eigenvalue weighted by Crippen LogP contribution is -2.14. The minimum Gasteiger partial charge on any atom is -0.0654 e.